The third-order valence-corrected chi connectivity index (χ3v) is 4.80. The Kier molecular flexibility index (Phi) is 4.75. The zero-order chi connectivity index (χ0) is 16.9. The van der Waals surface area contributed by atoms with E-state index in [1.807, 2.05) is 6.20 Å². The molecule has 1 aliphatic heterocycles. The lowest BCUT2D eigenvalue weighted by Gasteiger charge is -2.36. The summed E-state index contributed by atoms with van der Waals surface area (Å²) in [4.78, 5) is 9.54. The smallest absolute Gasteiger partial charge is 0.0550 e. The molecule has 0 unspecified atom stereocenters. The lowest BCUT2D eigenvalue weighted by atomic mass is 10.1. The summed E-state index contributed by atoms with van der Waals surface area (Å²) in [6.45, 7) is 5.21. The third kappa shape index (κ3) is 3.89. The molecule has 2 aromatic carbocycles. The number of hydrogen-bond acceptors (Lipinski definition) is 3. The fraction of sp³-hybridized carbons (Fsp3) is 0.227. The molecule has 0 radical (unpaired) electrons. The van der Waals surface area contributed by atoms with Gasteiger partial charge in [-0.05, 0) is 35.4 Å². The quantitative estimate of drug-likeness (QED) is 0.719. The highest BCUT2D eigenvalue weighted by molar-refractivity contribution is 5.63. The van der Waals surface area contributed by atoms with Crippen molar-refractivity contribution in [1.29, 1.82) is 0 Å². The van der Waals surface area contributed by atoms with Crippen LogP contribution >= 0.6 is 0 Å². The predicted octanol–water partition coefficient (Wildman–Crippen LogP) is 4.07. The van der Waals surface area contributed by atoms with Gasteiger partial charge >= 0.3 is 0 Å². The second-order valence-corrected chi connectivity index (χ2v) is 6.50. The van der Waals surface area contributed by atoms with Gasteiger partial charge in [-0.2, -0.15) is 0 Å². The van der Waals surface area contributed by atoms with Crippen molar-refractivity contribution in [2.45, 2.75) is 6.54 Å². The number of hydrogen-bond donors (Lipinski definition) is 0. The third-order valence-electron chi connectivity index (χ3n) is 4.80. The highest BCUT2D eigenvalue weighted by atomic mass is 15.3. The van der Waals surface area contributed by atoms with Gasteiger partial charge in [-0.3, -0.25) is 9.88 Å². The Morgan fingerprint density at radius 3 is 2.12 bits per heavy atom. The molecule has 1 aliphatic rings. The van der Waals surface area contributed by atoms with Crippen LogP contribution in [0.25, 0.3) is 11.1 Å². The van der Waals surface area contributed by atoms with E-state index in [0.29, 0.717) is 0 Å². The molecule has 25 heavy (non-hydrogen) atoms. The molecule has 0 amide bonds. The number of anilines is 1. The molecule has 2 heterocycles. The number of rotatable bonds is 4. The molecule has 0 saturated carbocycles. The molecular formula is C22H23N3. The van der Waals surface area contributed by atoms with Gasteiger partial charge in [0.25, 0.3) is 0 Å². The molecule has 3 heteroatoms. The van der Waals surface area contributed by atoms with E-state index in [9.17, 15) is 0 Å². The van der Waals surface area contributed by atoms with E-state index in [-0.39, 0.29) is 0 Å². The summed E-state index contributed by atoms with van der Waals surface area (Å²) >= 11 is 0. The molecule has 0 aliphatic carbocycles. The number of pyridine rings is 1. The summed E-state index contributed by atoms with van der Waals surface area (Å²) in [5, 5.41) is 0. The minimum Gasteiger partial charge on any atom is -0.369 e. The second kappa shape index (κ2) is 7.49. The van der Waals surface area contributed by atoms with Crippen LogP contribution in [-0.4, -0.2) is 36.1 Å². The topological polar surface area (TPSA) is 19.4 Å². The van der Waals surface area contributed by atoms with E-state index < -0.39 is 0 Å². The van der Waals surface area contributed by atoms with Crippen LogP contribution in [0.3, 0.4) is 0 Å². The molecule has 1 saturated heterocycles. The monoisotopic (exact) mass is 329 g/mol. The first-order valence-corrected chi connectivity index (χ1v) is 8.91. The Labute approximate surface area is 149 Å². The van der Waals surface area contributed by atoms with Crippen molar-refractivity contribution in [1.82, 2.24) is 9.88 Å². The van der Waals surface area contributed by atoms with Gasteiger partial charge in [0.2, 0.25) is 0 Å². The maximum Gasteiger partial charge on any atom is 0.0550 e. The molecule has 0 atom stereocenters. The molecular weight excluding hydrogens is 306 g/mol. The average Bonchev–Trinajstić information content (AvgIpc) is 2.70. The number of para-hydroxylation sites is 1. The lowest BCUT2D eigenvalue weighted by Crippen LogP contribution is -2.46. The minimum atomic E-state index is 0.920. The summed E-state index contributed by atoms with van der Waals surface area (Å²) < 4.78 is 0. The number of piperazine rings is 1. The minimum absolute atomic E-state index is 0.920. The Hall–Kier alpha value is -2.65. The molecule has 3 nitrogen and oxygen atoms in total. The van der Waals surface area contributed by atoms with Crippen molar-refractivity contribution in [3.05, 3.63) is 84.7 Å². The van der Waals surface area contributed by atoms with Gasteiger partial charge in [0.05, 0.1) is 5.69 Å². The Bertz CT molecular complexity index is 794. The highest BCUT2D eigenvalue weighted by Gasteiger charge is 2.17. The second-order valence-electron chi connectivity index (χ2n) is 6.50. The van der Waals surface area contributed by atoms with Crippen LogP contribution in [0.1, 0.15) is 5.69 Å². The zero-order valence-electron chi connectivity index (χ0n) is 14.4. The predicted molar refractivity (Wildman–Crippen MR) is 104 cm³/mol. The first-order valence-electron chi connectivity index (χ1n) is 8.91. The van der Waals surface area contributed by atoms with Crippen molar-refractivity contribution in [2.75, 3.05) is 31.1 Å². The first kappa shape index (κ1) is 15.9. The fourth-order valence-corrected chi connectivity index (χ4v) is 3.41. The van der Waals surface area contributed by atoms with Crippen LogP contribution in [0.15, 0.2) is 79.0 Å². The first-order chi connectivity index (χ1) is 12.4. The van der Waals surface area contributed by atoms with E-state index in [2.05, 4.69) is 87.6 Å². The van der Waals surface area contributed by atoms with Crippen LogP contribution in [-0.2, 0) is 6.54 Å². The van der Waals surface area contributed by atoms with E-state index in [0.717, 1.165) is 38.4 Å². The van der Waals surface area contributed by atoms with Crippen molar-refractivity contribution in [3.8, 4) is 11.1 Å². The van der Waals surface area contributed by atoms with Crippen LogP contribution in [0.2, 0.25) is 0 Å². The number of nitrogens with zero attached hydrogens (tertiary/aromatic N) is 3. The van der Waals surface area contributed by atoms with Crippen molar-refractivity contribution < 1.29 is 0 Å². The lowest BCUT2D eigenvalue weighted by molar-refractivity contribution is 0.247. The molecule has 3 aromatic rings. The maximum atomic E-state index is 4.58. The van der Waals surface area contributed by atoms with Crippen LogP contribution in [0.4, 0.5) is 5.69 Å². The molecule has 1 fully saturated rings. The molecule has 126 valence electrons. The van der Waals surface area contributed by atoms with Crippen molar-refractivity contribution in [3.63, 3.8) is 0 Å². The van der Waals surface area contributed by atoms with Crippen LogP contribution in [0, 0.1) is 0 Å². The SMILES string of the molecule is c1ccc(-c2ccnc(CN3CCN(c4ccccc4)CC3)c2)cc1. The highest BCUT2D eigenvalue weighted by Crippen LogP contribution is 2.20. The average molecular weight is 329 g/mol. The van der Waals surface area contributed by atoms with E-state index in [4.69, 9.17) is 0 Å². The Morgan fingerprint density at radius 2 is 1.40 bits per heavy atom. The normalized spacial score (nSPS) is 15.3. The van der Waals surface area contributed by atoms with Gasteiger partial charge in [-0.25, -0.2) is 0 Å². The van der Waals surface area contributed by atoms with Crippen molar-refractivity contribution >= 4 is 5.69 Å². The summed E-state index contributed by atoms with van der Waals surface area (Å²) in [5.41, 5.74) is 4.97. The van der Waals surface area contributed by atoms with Crippen LogP contribution in [0.5, 0.6) is 0 Å². The fourth-order valence-electron chi connectivity index (χ4n) is 3.41. The Balaban J connectivity index is 1.39. The molecule has 0 bridgehead atoms. The van der Waals surface area contributed by atoms with Gasteiger partial charge < -0.3 is 4.90 Å². The van der Waals surface area contributed by atoms with Gasteiger partial charge in [0.1, 0.15) is 0 Å². The van der Waals surface area contributed by atoms with E-state index in [1.54, 1.807) is 0 Å². The number of aromatic nitrogens is 1. The molecule has 0 N–H and O–H groups in total. The summed E-state index contributed by atoms with van der Waals surface area (Å²) in [6.07, 6.45) is 1.93. The number of benzene rings is 2. The van der Waals surface area contributed by atoms with Gasteiger partial charge in [0, 0.05) is 44.6 Å². The summed E-state index contributed by atoms with van der Waals surface area (Å²) in [5.74, 6) is 0. The van der Waals surface area contributed by atoms with Crippen LogP contribution < -0.4 is 4.90 Å². The summed E-state index contributed by atoms with van der Waals surface area (Å²) in [7, 11) is 0. The zero-order valence-corrected chi connectivity index (χ0v) is 14.4. The molecule has 0 spiro atoms. The Morgan fingerprint density at radius 1 is 0.720 bits per heavy atom. The largest absolute Gasteiger partial charge is 0.369 e. The maximum absolute atomic E-state index is 4.58. The van der Waals surface area contributed by atoms with Gasteiger partial charge in [-0.1, -0.05) is 48.5 Å². The molecule has 1 aromatic heterocycles. The standard InChI is InChI=1S/C22H23N3/c1-3-7-19(8-4-1)20-11-12-23-21(17-20)18-24-13-15-25(16-14-24)22-9-5-2-6-10-22/h1-12,17H,13-16,18H2. The van der Waals surface area contributed by atoms with E-state index >= 15 is 0 Å². The van der Waals surface area contributed by atoms with Gasteiger partial charge in [0.15, 0.2) is 0 Å². The summed E-state index contributed by atoms with van der Waals surface area (Å²) in [6, 6.07) is 25.5. The van der Waals surface area contributed by atoms with Crippen molar-refractivity contribution in [2.24, 2.45) is 0 Å². The van der Waals surface area contributed by atoms with E-state index in [1.165, 1.54) is 16.8 Å². The molecule has 4 rings (SSSR count). The van der Waals surface area contributed by atoms with Gasteiger partial charge in [-0.15, -0.1) is 0 Å².